The second kappa shape index (κ2) is 6.92. The lowest BCUT2D eigenvalue weighted by molar-refractivity contribution is 0.171. The molecule has 0 bridgehead atoms. The van der Waals surface area contributed by atoms with Gasteiger partial charge in [0, 0.05) is 18.7 Å². The molecule has 0 saturated carbocycles. The number of hydrogen-bond donors (Lipinski definition) is 0. The summed E-state index contributed by atoms with van der Waals surface area (Å²) in [5, 5.41) is 4.08. The first-order chi connectivity index (χ1) is 12.6. The van der Waals surface area contributed by atoms with E-state index >= 15 is 0 Å². The van der Waals surface area contributed by atoms with Crippen LogP contribution in [0.1, 0.15) is 43.2 Å². The smallest absolute Gasteiger partial charge is 0.243 e. The van der Waals surface area contributed by atoms with Crippen LogP contribution in [0.15, 0.2) is 33.7 Å². The summed E-state index contributed by atoms with van der Waals surface area (Å²) in [7, 11) is -3.69. The van der Waals surface area contributed by atoms with Gasteiger partial charge in [-0.25, -0.2) is 8.42 Å². The van der Waals surface area contributed by atoms with Gasteiger partial charge in [0.05, 0.1) is 10.9 Å². The third-order valence-corrected chi connectivity index (χ3v) is 6.72. The molecule has 26 heavy (non-hydrogen) atoms. The molecule has 1 fully saturated rings. The van der Waals surface area contributed by atoms with Crippen molar-refractivity contribution in [2.45, 2.75) is 43.5 Å². The topological polar surface area (TPSA) is 81.9 Å². The molecule has 2 aliphatic rings. The second-order valence-electron chi connectivity index (χ2n) is 6.65. The maximum atomic E-state index is 13.4. The monoisotopic (exact) mass is 378 g/mol. The van der Waals surface area contributed by atoms with Crippen LogP contribution >= 0.6 is 0 Å². The molecule has 1 atom stereocenters. The summed E-state index contributed by atoms with van der Waals surface area (Å²) >= 11 is 0. The van der Waals surface area contributed by atoms with Crippen LogP contribution in [0.2, 0.25) is 0 Å². The van der Waals surface area contributed by atoms with Crippen LogP contribution in [0.5, 0.6) is 11.5 Å². The number of rotatable bonds is 3. The fourth-order valence-corrected chi connectivity index (χ4v) is 5.21. The zero-order chi connectivity index (χ0) is 18.1. The Morgan fingerprint density at radius 3 is 2.65 bits per heavy atom. The number of benzene rings is 1. The second-order valence-corrected chi connectivity index (χ2v) is 8.54. The highest BCUT2D eigenvalue weighted by Gasteiger charge is 2.35. The quantitative estimate of drug-likeness (QED) is 0.816. The number of hydrogen-bond acceptors (Lipinski definition) is 6. The number of sulfonamides is 1. The van der Waals surface area contributed by atoms with Crippen molar-refractivity contribution in [1.29, 1.82) is 0 Å². The van der Waals surface area contributed by atoms with Gasteiger partial charge in [0.2, 0.25) is 10.0 Å². The van der Waals surface area contributed by atoms with Gasteiger partial charge in [0.15, 0.2) is 11.5 Å². The van der Waals surface area contributed by atoms with E-state index in [2.05, 4.69) is 5.16 Å². The zero-order valence-corrected chi connectivity index (χ0v) is 15.5. The van der Waals surface area contributed by atoms with Crippen LogP contribution in [0.25, 0.3) is 0 Å². The van der Waals surface area contributed by atoms with Crippen LogP contribution in [0, 0.1) is 6.92 Å². The van der Waals surface area contributed by atoms with E-state index in [1.807, 2.05) is 13.0 Å². The van der Waals surface area contributed by atoms with Crippen molar-refractivity contribution >= 4 is 10.0 Å². The third kappa shape index (κ3) is 3.19. The molecule has 140 valence electrons. The predicted octanol–water partition coefficient (Wildman–Crippen LogP) is 3.06. The molecule has 0 spiro atoms. The number of fused-ring (bicyclic) bond motifs is 1. The van der Waals surface area contributed by atoms with Crippen molar-refractivity contribution in [2.75, 3.05) is 19.8 Å². The summed E-state index contributed by atoms with van der Waals surface area (Å²) in [4.78, 5) is 0.217. The molecule has 1 aromatic heterocycles. The SMILES string of the molecule is Cc1cc([C@H]2CCCCCN2S(=O)(=O)c2ccc3c(c2)OCCO3)no1. The molecule has 2 aliphatic heterocycles. The molecular weight excluding hydrogens is 356 g/mol. The maximum Gasteiger partial charge on any atom is 0.243 e. The highest BCUT2D eigenvalue weighted by molar-refractivity contribution is 7.89. The molecule has 1 aromatic carbocycles. The molecule has 0 N–H and O–H groups in total. The molecule has 3 heterocycles. The third-order valence-electron chi connectivity index (χ3n) is 4.81. The maximum absolute atomic E-state index is 13.4. The van der Waals surface area contributed by atoms with Crippen LogP contribution in [-0.4, -0.2) is 37.6 Å². The number of aryl methyl sites for hydroxylation is 1. The Morgan fingerprint density at radius 1 is 1.08 bits per heavy atom. The normalized spacial score (nSPS) is 21.3. The fourth-order valence-electron chi connectivity index (χ4n) is 3.53. The lowest BCUT2D eigenvalue weighted by Crippen LogP contribution is -2.35. The summed E-state index contributed by atoms with van der Waals surface area (Å²) in [6.07, 6.45) is 3.52. The molecule has 0 unspecified atom stereocenters. The van der Waals surface area contributed by atoms with E-state index in [1.165, 1.54) is 0 Å². The van der Waals surface area contributed by atoms with Crippen LogP contribution in [0.3, 0.4) is 0 Å². The molecule has 0 amide bonds. The van der Waals surface area contributed by atoms with E-state index in [9.17, 15) is 8.42 Å². The minimum absolute atomic E-state index is 0.217. The molecule has 2 aromatic rings. The number of ether oxygens (including phenoxy) is 2. The molecule has 7 nitrogen and oxygen atoms in total. The van der Waals surface area contributed by atoms with Crippen molar-refractivity contribution in [3.63, 3.8) is 0 Å². The van der Waals surface area contributed by atoms with Gasteiger partial charge >= 0.3 is 0 Å². The zero-order valence-electron chi connectivity index (χ0n) is 14.7. The fraction of sp³-hybridized carbons (Fsp3) is 0.500. The first kappa shape index (κ1) is 17.4. The highest BCUT2D eigenvalue weighted by atomic mass is 32.2. The van der Waals surface area contributed by atoms with Gasteiger partial charge in [-0.2, -0.15) is 4.31 Å². The number of aromatic nitrogens is 1. The van der Waals surface area contributed by atoms with E-state index in [0.29, 0.717) is 42.7 Å². The summed E-state index contributed by atoms with van der Waals surface area (Å²) in [6, 6.07) is 6.31. The van der Waals surface area contributed by atoms with Crippen LogP contribution in [-0.2, 0) is 10.0 Å². The van der Waals surface area contributed by atoms with Crippen LogP contribution < -0.4 is 9.47 Å². The van der Waals surface area contributed by atoms with E-state index < -0.39 is 10.0 Å². The summed E-state index contributed by atoms with van der Waals surface area (Å²) < 4.78 is 44.6. The van der Waals surface area contributed by atoms with Gasteiger partial charge in [-0.05, 0) is 31.9 Å². The lowest BCUT2D eigenvalue weighted by Gasteiger charge is -2.28. The molecule has 0 radical (unpaired) electrons. The molecule has 4 rings (SSSR count). The van der Waals surface area contributed by atoms with E-state index in [-0.39, 0.29) is 10.9 Å². The van der Waals surface area contributed by atoms with Gasteiger partial charge in [0.1, 0.15) is 24.7 Å². The van der Waals surface area contributed by atoms with Gasteiger partial charge in [0.25, 0.3) is 0 Å². The Balaban J connectivity index is 1.72. The summed E-state index contributed by atoms with van der Waals surface area (Å²) in [5.74, 6) is 1.73. The summed E-state index contributed by atoms with van der Waals surface area (Å²) in [5.41, 5.74) is 0.672. The Hall–Kier alpha value is -2.06. The predicted molar refractivity (Wildman–Crippen MR) is 93.8 cm³/mol. The molecule has 8 heteroatoms. The Labute approximate surface area is 152 Å². The first-order valence-corrected chi connectivity index (χ1v) is 10.3. The van der Waals surface area contributed by atoms with Crippen molar-refractivity contribution in [3.8, 4) is 11.5 Å². The number of nitrogens with zero attached hydrogens (tertiary/aromatic N) is 2. The van der Waals surface area contributed by atoms with Crippen molar-refractivity contribution in [2.24, 2.45) is 0 Å². The van der Waals surface area contributed by atoms with Gasteiger partial charge in [-0.1, -0.05) is 18.0 Å². The lowest BCUT2D eigenvalue weighted by atomic mass is 10.1. The largest absolute Gasteiger partial charge is 0.486 e. The van der Waals surface area contributed by atoms with Crippen molar-refractivity contribution in [3.05, 3.63) is 35.7 Å². The van der Waals surface area contributed by atoms with Gasteiger partial charge in [-0.15, -0.1) is 0 Å². The summed E-state index contributed by atoms with van der Waals surface area (Å²) in [6.45, 7) is 3.17. The van der Waals surface area contributed by atoms with E-state index in [4.69, 9.17) is 14.0 Å². The average molecular weight is 378 g/mol. The standard InChI is InChI=1S/C18H22N2O5S/c1-13-11-15(19-25-13)16-5-3-2-4-8-20(16)26(21,22)14-6-7-17-18(12-14)24-10-9-23-17/h6-7,11-12,16H,2-5,8-10H2,1H3/t16-/m1/s1. The first-order valence-electron chi connectivity index (χ1n) is 8.90. The van der Waals surface area contributed by atoms with Gasteiger partial charge in [-0.3, -0.25) is 0 Å². The minimum Gasteiger partial charge on any atom is -0.486 e. The Kier molecular flexibility index (Phi) is 4.62. The Morgan fingerprint density at radius 2 is 1.88 bits per heavy atom. The van der Waals surface area contributed by atoms with Crippen LogP contribution in [0.4, 0.5) is 0 Å². The van der Waals surface area contributed by atoms with E-state index in [0.717, 1.165) is 25.7 Å². The Bertz CT molecular complexity index is 893. The van der Waals surface area contributed by atoms with E-state index in [1.54, 1.807) is 22.5 Å². The molecule has 0 aliphatic carbocycles. The minimum atomic E-state index is -3.69. The molecule has 1 saturated heterocycles. The van der Waals surface area contributed by atoms with Crippen molar-refractivity contribution in [1.82, 2.24) is 9.46 Å². The van der Waals surface area contributed by atoms with Crippen molar-refractivity contribution < 1.29 is 22.4 Å². The average Bonchev–Trinajstić information content (AvgIpc) is 2.92. The highest BCUT2D eigenvalue weighted by Crippen LogP contribution is 2.37. The van der Waals surface area contributed by atoms with Gasteiger partial charge < -0.3 is 14.0 Å². The molecular formula is C18H22N2O5S.